The molecule has 15 heavy (non-hydrogen) atoms. The Morgan fingerprint density at radius 1 is 1.33 bits per heavy atom. The van der Waals surface area contributed by atoms with E-state index in [2.05, 4.69) is 26.2 Å². The molecule has 0 aliphatic rings. The van der Waals surface area contributed by atoms with Crippen LogP contribution in [0.1, 0.15) is 6.92 Å². The van der Waals surface area contributed by atoms with Gasteiger partial charge in [-0.05, 0) is 6.92 Å². The first-order valence-corrected chi connectivity index (χ1v) is 4.30. The van der Waals surface area contributed by atoms with Gasteiger partial charge in [0.25, 0.3) is 0 Å². The monoisotopic (exact) mass is 208 g/mol. The molecule has 0 bridgehead atoms. The summed E-state index contributed by atoms with van der Waals surface area (Å²) in [5.41, 5.74) is 0. The molecule has 6 heteroatoms. The Hall–Kier alpha value is -2.03. The van der Waals surface area contributed by atoms with Crippen molar-refractivity contribution in [1.82, 2.24) is 15.0 Å². The lowest BCUT2D eigenvalue weighted by molar-refractivity contribution is 0.249. The summed E-state index contributed by atoms with van der Waals surface area (Å²) in [6.45, 7) is 1.72. The van der Waals surface area contributed by atoms with Crippen LogP contribution >= 0.6 is 0 Å². The average molecular weight is 208 g/mol. The minimum atomic E-state index is -0.401. The molecule has 0 radical (unpaired) electrons. The quantitative estimate of drug-likeness (QED) is 0.719. The fourth-order valence-corrected chi connectivity index (χ4v) is 0.786. The van der Waals surface area contributed by atoms with Gasteiger partial charge in [-0.15, -0.1) is 11.4 Å². The van der Waals surface area contributed by atoms with Crippen LogP contribution in [0, 0.1) is 12.3 Å². The number of hydrogen-bond acceptors (Lipinski definition) is 6. The van der Waals surface area contributed by atoms with Gasteiger partial charge in [0.2, 0.25) is 5.95 Å². The van der Waals surface area contributed by atoms with Gasteiger partial charge in [0.1, 0.15) is 0 Å². The lowest BCUT2D eigenvalue weighted by atomic mass is 10.4. The number of methoxy groups -OCH3 is 1. The molecule has 0 amide bonds. The first kappa shape index (κ1) is 11.0. The third kappa shape index (κ3) is 2.98. The van der Waals surface area contributed by atoms with E-state index in [0.29, 0.717) is 5.95 Å². The van der Waals surface area contributed by atoms with Crippen LogP contribution in [0.2, 0.25) is 0 Å². The molecule has 80 valence electrons. The highest BCUT2D eigenvalue weighted by Crippen LogP contribution is 2.12. The molecule has 0 aromatic carbocycles. The van der Waals surface area contributed by atoms with Crippen molar-refractivity contribution in [1.29, 1.82) is 0 Å². The zero-order chi connectivity index (χ0) is 11.3. The molecule has 0 fully saturated rings. The second kappa shape index (κ2) is 5.00. The van der Waals surface area contributed by atoms with Gasteiger partial charge in [-0.3, -0.25) is 0 Å². The zero-order valence-corrected chi connectivity index (χ0v) is 8.81. The van der Waals surface area contributed by atoms with E-state index in [-0.39, 0.29) is 12.0 Å². The van der Waals surface area contributed by atoms with E-state index < -0.39 is 6.10 Å². The van der Waals surface area contributed by atoms with Crippen molar-refractivity contribution in [3.63, 3.8) is 0 Å². The second-order valence-corrected chi connectivity index (χ2v) is 2.61. The van der Waals surface area contributed by atoms with Gasteiger partial charge in [-0.1, -0.05) is 5.92 Å². The Morgan fingerprint density at radius 3 is 2.53 bits per heavy atom. The van der Waals surface area contributed by atoms with Gasteiger partial charge in [-0.2, -0.15) is 9.97 Å². The molecular formula is C9H12N4O2. The minimum Gasteiger partial charge on any atom is -0.467 e. The largest absolute Gasteiger partial charge is 0.467 e. The minimum absolute atomic E-state index is 0.136. The molecule has 6 nitrogen and oxygen atoms in total. The van der Waals surface area contributed by atoms with Gasteiger partial charge in [-0.25, -0.2) is 0 Å². The van der Waals surface area contributed by atoms with E-state index in [1.165, 1.54) is 7.11 Å². The van der Waals surface area contributed by atoms with Crippen molar-refractivity contribution in [2.45, 2.75) is 13.0 Å². The van der Waals surface area contributed by atoms with Crippen LogP contribution < -0.4 is 14.8 Å². The van der Waals surface area contributed by atoms with Crippen molar-refractivity contribution in [2.75, 3.05) is 19.5 Å². The number of nitrogens with zero attached hydrogens (tertiary/aromatic N) is 3. The van der Waals surface area contributed by atoms with Crippen molar-refractivity contribution >= 4 is 5.95 Å². The third-order valence-electron chi connectivity index (χ3n) is 1.52. The van der Waals surface area contributed by atoms with Crippen molar-refractivity contribution < 1.29 is 9.47 Å². The maximum Gasteiger partial charge on any atom is 0.325 e. The number of anilines is 1. The van der Waals surface area contributed by atoms with Crippen LogP contribution in [0.5, 0.6) is 12.0 Å². The van der Waals surface area contributed by atoms with E-state index >= 15 is 0 Å². The van der Waals surface area contributed by atoms with Crippen LogP contribution in [-0.2, 0) is 0 Å². The first-order valence-electron chi connectivity index (χ1n) is 4.30. The number of hydrogen-bond donors (Lipinski definition) is 1. The highest BCUT2D eigenvalue weighted by Gasteiger charge is 2.08. The molecule has 0 aliphatic heterocycles. The molecule has 0 saturated carbocycles. The molecule has 1 rings (SSSR count). The molecule has 1 aromatic rings. The van der Waals surface area contributed by atoms with Crippen molar-refractivity contribution in [2.24, 2.45) is 0 Å². The van der Waals surface area contributed by atoms with Crippen LogP contribution in [0.4, 0.5) is 5.95 Å². The summed E-state index contributed by atoms with van der Waals surface area (Å²) >= 11 is 0. The van der Waals surface area contributed by atoms with Crippen LogP contribution in [-0.4, -0.2) is 35.2 Å². The molecule has 1 unspecified atom stereocenters. The number of ether oxygens (including phenoxy) is 2. The summed E-state index contributed by atoms with van der Waals surface area (Å²) in [6, 6.07) is 0.310. The smallest absolute Gasteiger partial charge is 0.325 e. The Labute approximate surface area is 88.1 Å². The van der Waals surface area contributed by atoms with Gasteiger partial charge in [0, 0.05) is 7.05 Å². The van der Waals surface area contributed by atoms with Gasteiger partial charge in [0.15, 0.2) is 6.10 Å². The highest BCUT2D eigenvalue weighted by atomic mass is 16.5. The van der Waals surface area contributed by atoms with Crippen molar-refractivity contribution in [3.8, 4) is 24.4 Å². The van der Waals surface area contributed by atoms with E-state index in [1.807, 2.05) is 0 Å². The van der Waals surface area contributed by atoms with Gasteiger partial charge in [0.05, 0.1) is 7.11 Å². The average Bonchev–Trinajstić information content (AvgIpc) is 2.28. The summed E-state index contributed by atoms with van der Waals surface area (Å²) in [6.07, 6.45) is 4.77. The molecule has 1 atom stereocenters. The lowest BCUT2D eigenvalue weighted by Gasteiger charge is -2.08. The number of nitrogens with one attached hydrogen (secondary N) is 1. The van der Waals surface area contributed by atoms with E-state index in [1.54, 1.807) is 14.0 Å². The Balaban J connectivity index is 2.92. The highest BCUT2D eigenvalue weighted by molar-refractivity contribution is 5.26. The number of rotatable bonds is 4. The normalized spacial score (nSPS) is 11.3. The summed E-state index contributed by atoms with van der Waals surface area (Å²) in [4.78, 5) is 11.8. The van der Waals surface area contributed by atoms with Gasteiger partial charge < -0.3 is 14.8 Å². The third-order valence-corrected chi connectivity index (χ3v) is 1.52. The molecule has 1 heterocycles. The van der Waals surface area contributed by atoms with E-state index in [4.69, 9.17) is 15.9 Å². The predicted molar refractivity (Wildman–Crippen MR) is 54.8 cm³/mol. The predicted octanol–water partition coefficient (Wildman–Crippen LogP) is 0.322. The molecule has 0 aliphatic carbocycles. The molecule has 0 saturated heterocycles. The summed E-state index contributed by atoms with van der Waals surface area (Å²) in [5, 5.41) is 2.76. The molecular weight excluding hydrogens is 196 g/mol. The van der Waals surface area contributed by atoms with Crippen LogP contribution in [0.15, 0.2) is 0 Å². The van der Waals surface area contributed by atoms with Crippen LogP contribution in [0.25, 0.3) is 0 Å². The summed E-state index contributed by atoms with van der Waals surface area (Å²) in [5.74, 6) is 2.77. The van der Waals surface area contributed by atoms with E-state index in [0.717, 1.165) is 0 Å². The molecule has 1 N–H and O–H groups in total. The van der Waals surface area contributed by atoms with Gasteiger partial charge >= 0.3 is 12.0 Å². The SMILES string of the molecule is C#CC(C)Oc1nc(NC)nc(OC)n1. The number of aromatic nitrogens is 3. The zero-order valence-electron chi connectivity index (χ0n) is 8.81. The second-order valence-electron chi connectivity index (χ2n) is 2.61. The fraction of sp³-hybridized carbons (Fsp3) is 0.444. The summed E-state index contributed by atoms with van der Waals surface area (Å²) < 4.78 is 10.1. The fourth-order valence-electron chi connectivity index (χ4n) is 0.786. The topological polar surface area (TPSA) is 69.2 Å². The summed E-state index contributed by atoms with van der Waals surface area (Å²) in [7, 11) is 3.15. The Kier molecular flexibility index (Phi) is 3.68. The molecule has 0 spiro atoms. The maximum absolute atomic E-state index is 5.23. The standard InChI is InChI=1S/C9H12N4O2/c1-5-6(2)15-9-12-7(10-3)11-8(13-9)14-4/h1,6H,2-4H3,(H,10,11,12,13). The maximum atomic E-state index is 5.23. The van der Waals surface area contributed by atoms with E-state index in [9.17, 15) is 0 Å². The first-order chi connectivity index (χ1) is 7.19. The Bertz CT molecular complexity index is 353. The lowest BCUT2D eigenvalue weighted by Crippen LogP contribution is -2.12. The van der Waals surface area contributed by atoms with Crippen molar-refractivity contribution in [3.05, 3.63) is 0 Å². The van der Waals surface area contributed by atoms with Crippen LogP contribution in [0.3, 0.4) is 0 Å². The molecule has 1 aromatic heterocycles. The Morgan fingerprint density at radius 2 is 2.00 bits per heavy atom. The number of terminal acetylenes is 1.